The first-order chi connectivity index (χ1) is 20.5. The summed E-state index contributed by atoms with van der Waals surface area (Å²) in [6.45, 7) is 8.35. The average molecular weight is 644 g/mol. The molecule has 1 unspecified atom stereocenters. The van der Waals surface area contributed by atoms with Crippen LogP contribution in [-0.2, 0) is 32.9 Å². The number of carbonyl (C=O) groups excluding carboxylic acids is 2. The van der Waals surface area contributed by atoms with Crippen LogP contribution >= 0.6 is 7.67 Å². The number of aromatic nitrogens is 4. The summed E-state index contributed by atoms with van der Waals surface area (Å²) in [6.07, 6.45) is -1.79. The van der Waals surface area contributed by atoms with E-state index >= 15 is 0 Å². The number of nitrogens with two attached hydrogens (primary N) is 1. The van der Waals surface area contributed by atoms with Gasteiger partial charge in [0, 0.05) is 6.54 Å². The second-order valence-electron chi connectivity index (χ2n) is 12.3. The highest BCUT2D eigenvalue weighted by atomic mass is 31.2. The Hall–Kier alpha value is -2.92. The van der Waals surface area contributed by atoms with Gasteiger partial charge < -0.3 is 39.4 Å². The van der Waals surface area contributed by atoms with Crippen LogP contribution in [0.1, 0.15) is 53.7 Å². The maximum atomic E-state index is 14.5. The van der Waals surface area contributed by atoms with Gasteiger partial charge in [0.2, 0.25) is 11.8 Å². The van der Waals surface area contributed by atoms with Gasteiger partial charge in [0.15, 0.2) is 17.4 Å². The number of rotatable bonds is 11. The molecule has 2 aromatic heterocycles. The molecule has 0 aliphatic carbocycles. The van der Waals surface area contributed by atoms with Crippen molar-refractivity contribution < 1.29 is 47.8 Å². The van der Waals surface area contributed by atoms with Crippen molar-refractivity contribution in [1.82, 2.24) is 29.3 Å². The van der Waals surface area contributed by atoms with Crippen molar-refractivity contribution in [1.29, 1.82) is 0 Å². The Morgan fingerprint density at radius 2 is 2.02 bits per heavy atom. The zero-order valence-electron chi connectivity index (χ0n) is 25.9. The lowest BCUT2D eigenvalue weighted by atomic mass is 9.96. The predicted molar refractivity (Wildman–Crippen MR) is 155 cm³/mol. The molecule has 7 atom stereocenters. The van der Waals surface area contributed by atoms with Crippen molar-refractivity contribution in [2.45, 2.75) is 83.6 Å². The van der Waals surface area contributed by atoms with Crippen LogP contribution in [0, 0.1) is 5.41 Å². The summed E-state index contributed by atoms with van der Waals surface area (Å²) >= 11 is 0. The van der Waals surface area contributed by atoms with E-state index in [-0.39, 0.29) is 41.6 Å². The molecule has 4 rings (SSSR count). The van der Waals surface area contributed by atoms with Crippen LogP contribution in [0.5, 0.6) is 5.88 Å². The third kappa shape index (κ3) is 6.83. The van der Waals surface area contributed by atoms with E-state index in [1.165, 1.54) is 43.6 Å². The molecule has 0 radical (unpaired) electrons. The molecule has 2 aliphatic rings. The average Bonchev–Trinajstić information content (AvgIpc) is 3.67. The summed E-state index contributed by atoms with van der Waals surface area (Å²) in [5, 5.41) is 25.2. The number of hydrogen-bond donors (Lipinski definition) is 4. The maximum Gasteiger partial charge on any atom is 0.345 e. The normalized spacial score (nSPS) is 28.1. The molecule has 0 saturated carbocycles. The van der Waals surface area contributed by atoms with Crippen LogP contribution in [0.3, 0.4) is 0 Å². The second kappa shape index (κ2) is 12.8. The van der Waals surface area contributed by atoms with E-state index in [1.54, 1.807) is 0 Å². The first-order valence-corrected chi connectivity index (χ1v) is 15.7. The summed E-state index contributed by atoms with van der Waals surface area (Å²) in [6, 6.07) is -2.00. The summed E-state index contributed by atoms with van der Waals surface area (Å²) in [5.74, 6) is -1.28. The van der Waals surface area contributed by atoms with Crippen molar-refractivity contribution in [3.05, 3.63) is 6.33 Å². The minimum absolute atomic E-state index is 0.109. The number of nitrogens with one attached hydrogen (secondary N) is 1. The lowest BCUT2D eigenvalue weighted by molar-refractivity contribution is -0.148. The molecule has 0 spiro atoms. The Bertz CT molecular complexity index is 1410. The highest BCUT2D eigenvalue weighted by Gasteiger charge is 2.55. The molecule has 17 nitrogen and oxygen atoms in total. The van der Waals surface area contributed by atoms with Gasteiger partial charge >= 0.3 is 19.6 Å². The molecule has 2 aliphatic heterocycles. The van der Waals surface area contributed by atoms with E-state index < -0.39 is 62.3 Å². The van der Waals surface area contributed by atoms with E-state index in [9.17, 15) is 24.4 Å². The van der Waals surface area contributed by atoms with E-state index in [1.807, 2.05) is 20.8 Å². The number of aliphatic hydroxyl groups excluding tert-OH is 1. The van der Waals surface area contributed by atoms with Crippen molar-refractivity contribution >= 4 is 36.7 Å². The fourth-order valence-electron chi connectivity index (χ4n) is 5.11. The van der Waals surface area contributed by atoms with E-state index in [0.29, 0.717) is 12.8 Å². The van der Waals surface area contributed by atoms with Crippen molar-refractivity contribution in [2.75, 3.05) is 39.7 Å². The van der Waals surface area contributed by atoms with Gasteiger partial charge in [-0.25, -0.2) is 14.7 Å². The lowest BCUT2D eigenvalue weighted by Gasteiger charge is -2.33. The molecular weight excluding hydrogens is 601 g/mol. The van der Waals surface area contributed by atoms with Gasteiger partial charge in [-0.05, 0) is 32.1 Å². The van der Waals surface area contributed by atoms with Gasteiger partial charge in [-0.1, -0.05) is 20.8 Å². The number of aliphatic hydroxyl groups is 2. The SMILES string of the molecule is COC(=O)[C@@H]1CCCN1P(=O)(N[C@@H](C)C(=O)OCC(C)(C)C)OC[C@H]1O[C@@H](n2cnc3c(OC)nc(N)nc32)[C@](C)(O)[C@@H]1O. The van der Waals surface area contributed by atoms with Crippen LogP contribution in [0.2, 0.25) is 0 Å². The third-order valence-corrected chi connectivity index (χ3v) is 9.78. The quantitative estimate of drug-likeness (QED) is 0.196. The van der Waals surface area contributed by atoms with Gasteiger partial charge in [0.05, 0.1) is 33.8 Å². The van der Waals surface area contributed by atoms with Gasteiger partial charge in [-0.15, -0.1) is 0 Å². The zero-order valence-corrected chi connectivity index (χ0v) is 26.8. The summed E-state index contributed by atoms with van der Waals surface area (Å²) in [5.41, 5.74) is 4.05. The Morgan fingerprint density at radius 3 is 2.66 bits per heavy atom. The molecule has 0 amide bonds. The van der Waals surface area contributed by atoms with Crippen LogP contribution in [0.25, 0.3) is 11.2 Å². The maximum absolute atomic E-state index is 14.5. The monoisotopic (exact) mass is 643 g/mol. The lowest BCUT2D eigenvalue weighted by Crippen LogP contribution is -2.46. The minimum Gasteiger partial charge on any atom is -0.479 e. The molecule has 246 valence electrons. The van der Waals surface area contributed by atoms with Crippen molar-refractivity contribution in [3.8, 4) is 5.88 Å². The topological polar surface area (TPSA) is 223 Å². The number of carbonyl (C=O) groups is 2. The Balaban J connectivity index is 1.58. The number of ether oxygens (including phenoxy) is 4. The van der Waals surface area contributed by atoms with E-state index in [4.69, 9.17) is 29.2 Å². The van der Waals surface area contributed by atoms with Crippen molar-refractivity contribution in [3.63, 3.8) is 0 Å². The number of imidazole rings is 1. The molecule has 0 aromatic carbocycles. The first-order valence-electron chi connectivity index (χ1n) is 14.2. The summed E-state index contributed by atoms with van der Waals surface area (Å²) in [7, 11) is -1.57. The van der Waals surface area contributed by atoms with E-state index in [0.717, 1.165) is 0 Å². The predicted octanol–water partition coefficient (Wildman–Crippen LogP) is 0.756. The molecule has 2 saturated heterocycles. The van der Waals surface area contributed by atoms with Gasteiger partial charge in [0.25, 0.3) is 0 Å². The Morgan fingerprint density at radius 1 is 1.32 bits per heavy atom. The molecule has 5 N–H and O–H groups in total. The summed E-state index contributed by atoms with van der Waals surface area (Å²) in [4.78, 5) is 37.8. The van der Waals surface area contributed by atoms with Gasteiger partial charge in [-0.2, -0.15) is 9.97 Å². The summed E-state index contributed by atoms with van der Waals surface area (Å²) < 4.78 is 44.7. The number of hydrogen-bond acceptors (Lipinski definition) is 14. The molecule has 18 heteroatoms. The third-order valence-electron chi connectivity index (χ3n) is 7.41. The highest BCUT2D eigenvalue weighted by molar-refractivity contribution is 7.54. The number of anilines is 1. The van der Waals surface area contributed by atoms with Gasteiger partial charge in [-0.3, -0.25) is 18.7 Å². The standard InChI is InChI=1S/C26H42N7O10P/c1-14(21(35)41-12-25(2,3)4)31-44(38,33-10-8-9-15(33)22(36)40-7)42-11-16-18(34)26(5,37)23(43-16)32-13-28-17-19(32)29-24(27)30-20(17)39-6/h13-16,18,23,34,37H,8-12H2,1-7H3,(H,31,38)(H2,27,29,30)/t14-,15-,16+,18+,23+,26+,44?/m0/s1. The first kappa shape index (κ1) is 34.0. The molecule has 4 heterocycles. The van der Waals surface area contributed by atoms with Crippen molar-refractivity contribution in [2.24, 2.45) is 5.41 Å². The van der Waals surface area contributed by atoms with Crippen LogP contribution in [0.15, 0.2) is 6.33 Å². The molecule has 2 fully saturated rings. The van der Waals surface area contributed by atoms with E-state index in [2.05, 4.69) is 20.0 Å². The number of esters is 2. The van der Waals surface area contributed by atoms with Crippen LogP contribution in [-0.4, -0.2) is 110 Å². The number of nitrogen functional groups attached to an aromatic ring is 1. The highest BCUT2D eigenvalue weighted by Crippen LogP contribution is 2.52. The molecular formula is C26H42N7O10P. The molecule has 0 bridgehead atoms. The van der Waals surface area contributed by atoms with Crippen LogP contribution < -0.4 is 15.6 Å². The Kier molecular flexibility index (Phi) is 9.90. The number of fused-ring (bicyclic) bond motifs is 1. The second-order valence-corrected chi connectivity index (χ2v) is 14.4. The fourth-order valence-corrected chi connectivity index (χ4v) is 7.41. The number of nitrogens with zero attached hydrogens (tertiary/aromatic N) is 5. The molecule has 44 heavy (non-hydrogen) atoms. The Labute approximate surface area is 254 Å². The minimum atomic E-state index is -4.19. The number of methoxy groups -OCH3 is 2. The molecule has 2 aromatic rings. The zero-order chi connectivity index (χ0) is 32.6. The van der Waals surface area contributed by atoms with Gasteiger partial charge in [0.1, 0.15) is 29.9 Å². The smallest absolute Gasteiger partial charge is 0.345 e. The fraction of sp³-hybridized carbons (Fsp3) is 0.731. The largest absolute Gasteiger partial charge is 0.479 e. The van der Waals surface area contributed by atoms with Crippen LogP contribution in [0.4, 0.5) is 5.95 Å².